The van der Waals surface area contributed by atoms with E-state index >= 15 is 0 Å². The molecule has 2 aliphatic rings. The van der Waals surface area contributed by atoms with Gasteiger partial charge < -0.3 is 42.9 Å². The van der Waals surface area contributed by atoms with Gasteiger partial charge in [-0.2, -0.15) is 4.98 Å². The molecular weight excluding hydrogens is 801 g/mol. The fourth-order valence-corrected chi connectivity index (χ4v) is 9.13. The van der Waals surface area contributed by atoms with Gasteiger partial charge in [0.05, 0.1) is 25.5 Å². The molecule has 0 spiro atoms. The van der Waals surface area contributed by atoms with Crippen molar-refractivity contribution in [2.45, 2.75) is 148 Å². The second-order valence-corrected chi connectivity index (χ2v) is 34.5. The van der Waals surface area contributed by atoms with E-state index in [2.05, 4.69) is 117 Å². The number of ether oxygens (including phenoxy) is 4. The van der Waals surface area contributed by atoms with Crippen molar-refractivity contribution in [3.63, 3.8) is 0 Å². The maximum absolute atomic E-state index is 13.8. The Labute approximate surface area is 354 Å². The van der Waals surface area contributed by atoms with Crippen LogP contribution in [0.15, 0.2) is 53.5 Å². The molecule has 326 valence electrons. The molecule has 3 atom stereocenters. The molecule has 0 bridgehead atoms. The normalized spacial score (nSPS) is 18.6. The highest BCUT2D eigenvalue weighted by Crippen LogP contribution is 2.50. The number of rotatable bonds is 14. The molecular formula is C43H68N4O9Si3. The van der Waals surface area contributed by atoms with Gasteiger partial charge in [-0.25, -0.2) is 9.59 Å². The van der Waals surface area contributed by atoms with Crippen LogP contribution in [-0.4, -0.2) is 72.6 Å². The van der Waals surface area contributed by atoms with Crippen LogP contribution in [0, 0.1) is 0 Å². The molecule has 5 rings (SSSR count). The van der Waals surface area contributed by atoms with E-state index in [9.17, 15) is 9.59 Å². The summed E-state index contributed by atoms with van der Waals surface area (Å²) in [6.07, 6.45) is 0.262. The number of carbonyl (C=O) groups excluding carboxylic acids is 1. The fraction of sp³-hybridized carbons (Fsp3) is 0.605. The number of carbonyl (C=O) groups is 1. The van der Waals surface area contributed by atoms with Crippen LogP contribution in [0.3, 0.4) is 0 Å². The lowest BCUT2D eigenvalue weighted by atomic mass is 10.2. The molecule has 2 aromatic carbocycles. The highest BCUT2D eigenvalue weighted by Gasteiger charge is 2.47. The average Bonchev–Trinajstić information content (AvgIpc) is 3.50. The van der Waals surface area contributed by atoms with E-state index in [4.69, 9.17) is 32.2 Å². The summed E-state index contributed by atoms with van der Waals surface area (Å²) in [5.74, 6) is 2.04. The molecule has 0 radical (unpaired) electrons. The summed E-state index contributed by atoms with van der Waals surface area (Å²) in [7, 11) is -6.60. The highest BCUT2D eigenvalue weighted by molar-refractivity contribution is 6.75. The number of benzene rings is 2. The van der Waals surface area contributed by atoms with Crippen LogP contribution in [0.1, 0.15) is 80.5 Å². The molecule has 0 unspecified atom stereocenters. The van der Waals surface area contributed by atoms with Crippen molar-refractivity contribution < 1.29 is 37.0 Å². The molecule has 1 saturated heterocycles. The number of alkyl carbamates (subject to hydrolysis) is 1. The number of nitrogens with one attached hydrogen (secondary N) is 2. The number of hydrogen-bond acceptors (Lipinski definition) is 11. The minimum atomic E-state index is -2.28. The second-order valence-electron chi connectivity index (χ2n) is 20.2. The number of aromatic nitrogens is 2. The molecule has 1 amide bonds. The molecule has 2 N–H and O–H groups in total. The van der Waals surface area contributed by atoms with Gasteiger partial charge in [-0.05, 0) is 60.0 Å². The Morgan fingerprint density at radius 1 is 0.898 bits per heavy atom. The summed E-state index contributed by atoms with van der Waals surface area (Å²) in [6.45, 7) is 33.9. The quantitative estimate of drug-likeness (QED) is 0.0924. The van der Waals surface area contributed by atoms with Crippen LogP contribution in [-0.2, 0) is 24.9 Å². The number of nitrogens with zero attached hydrogens (tertiary/aromatic N) is 2. The smallest absolute Gasteiger partial charge is 0.407 e. The Kier molecular flexibility index (Phi) is 13.6. The van der Waals surface area contributed by atoms with Crippen LogP contribution < -0.4 is 30.2 Å². The van der Waals surface area contributed by atoms with Gasteiger partial charge in [-0.15, -0.1) is 0 Å². The first-order valence-electron chi connectivity index (χ1n) is 20.7. The van der Waals surface area contributed by atoms with Crippen LogP contribution in [0.4, 0.5) is 16.3 Å². The van der Waals surface area contributed by atoms with Crippen LogP contribution >= 0.6 is 0 Å². The maximum Gasteiger partial charge on any atom is 0.407 e. The monoisotopic (exact) mass is 868 g/mol. The largest absolute Gasteiger partial charge is 0.543 e. The van der Waals surface area contributed by atoms with Crippen molar-refractivity contribution in [1.29, 1.82) is 0 Å². The van der Waals surface area contributed by atoms with Crippen molar-refractivity contribution in [1.82, 2.24) is 14.9 Å². The summed E-state index contributed by atoms with van der Waals surface area (Å²) in [4.78, 5) is 30.7. The molecule has 3 heterocycles. The van der Waals surface area contributed by atoms with Crippen LogP contribution in [0.5, 0.6) is 23.0 Å². The first-order valence-corrected chi connectivity index (χ1v) is 29.4. The van der Waals surface area contributed by atoms with Crippen LogP contribution in [0.2, 0.25) is 54.4 Å². The molecule has 1 aromatic heterocycles. The Balaban J connectivity index is 1.38. The molecule has 2 aliphatic heterocycles. The zero-order valence-electron chi connectivity index (χ0n) is 38.0. The zero-order valence-corrected chi connectivity index (χ0v) is 41.0. The van der Waals surface area contributed by atoms with Crippen molar-refractivity contribution >= 4 is 42.6 Å². The third-order valence-electron chi connectivity index (χ3n) is 12.6. The van der Waals surface area contributed by atoms with Gasteiger partial charge in [-0.3, -0.25) is 4.57 Å². The Morgan fingerprint density at radius 2 is 1.54 bits per heavy atom. The summed E-state index contributed by atoms with van der Waals surface area (Å²) in [5, 5.41) is 5.96. The zero-order chi connectivity index (χ0) is 43.8. The lowest BCUT2D eigenvalue weighted by Gasteiger charge is -2.40. The second kappa shape index (κ2) is 17.4. The summed E-state index contributed by atoms with van der Waals surface area (Å²) < 4.78 is 46.6. The van der Waals surface area contributed by atoms with E-state index in [1.807, 2.05) is 36.4 Å². The predicted molar refractivity (Wildman–Crippen MR) is 240 cm³/mol. The van der Waals surface area contributed by atoms with Crippen molar-refractivity contribution in [3.8, 4) is 23.0 Å². The first-order chi connectivity index (χ1) is 27.2. The van der Waals surface area contributed by atoms with Gasteiger partial charge in [0.15, 0.2) is 34.0 Å². The van der Waals surface area contributed by atoms with Gasteiger partial charge in [0.2, 0.25) is 8.32 Å². The average molecular weight is 869 g/mol. The van der Waals surface area contributed by atoms with Gasteiger partial charge >= 0.3 is 11.8 Å². The molecule has 13 nitrogen and oxygen atoms in total. The van der Waals surface area contributed by atoms with Crippen molar-refractivity contribution in [3.05, 3.63) is 64.7 Å². The van der Waals surface area contributed by atoms with E-state index in [0.717, 1.165) is 5.56 Å². The number of amides is 1. The first kappa shape index (κ1) is 46.4. The van der Waals surface area contributed by atoms with Crippen molar-refractivity contribution in [2.75, 3.05) is 25.1 Å². The maximum atomic E-state index is 13.8. The number of hydrogen-bond donors (Lipinski definition) is 2. The fourth-order valence-electron chi connectivity index (χ4n) is 5.74. The number of anilines is 2. The van der Waals surface area contributed by atoms with Gasteiger partial charge in [0.25, 0.3) is 0 Å². The topological polar surface area (TPSA) is 141 Å². The van der Waals surface area contributed by atoms with E-state index in [1.54, 1.807) is 12.3 Å². The van der Waals surface area contributed by atoms with Gasteiger partial charge in [-0.1, -0.05) is 92.6 Å². The lowest BCUT2D eigenvalue weighted by molar-refractivity contribution is -0.0413. The molecule has 0 saturated carbocycles. The third-order valence-corrected chi connectivity index (χ3v) is 26.0. The molecule has 59 heavy (non-hydrogen) atoms. The van der Waals surface area contributed by atoms with Gasteiger partial charge in [0.1, 0.15) is 42.7 Å². The number of fused-ring (bicyclic) bond motifs is 2. The van der Waals surface area contributed by atoms with Gasteiger partial charge in [0, 0.05) is 18.6 Å². The van der Waals surface area contributed by atoms with E-state index in [1.165, 1.54) is 4.57 Å². The predicted octanol–water partition coefficient (Wildman–Crippen LogP) is 10.5. The minimum absolute atomic E-state index is 0.0202. The SMILES string of the molecule is CC(C)(C)[Si](C)(C)OC[C@H]1O[C@@H](n2cc3c(nc2=O)Nc2c(OCCNC(=O)OCc4ccccc4)cc(O[Si](C)(C)C(C)(C)C)cc2O3)C[C@@H]1O[Si](C)(C)C(C)(C)C. The van der Waals surface area contributed by atoms with E-state index < -0.39 is 43.0 Å². The van der Waals surface area contributed by atoms with E-state index in [0.29, 0.717) is 41.7 Å². The lowest BCUT2D eigenvalue weighted by Crippen LogP contribution is -2.48. The third kappa shape index (κ3) is 11.2. The van der Waals surface area contributed by atoms with Crippen molar-refractivity contribution in [2.24, 2.45) is 0 Å². The molecule has 0 aliphatic carbocycles. The molecule has 1 fully saturated rings. The standard InChI is InChI=1S/C43H68N4O9Si3/c1-41(2,3)57(10,11)52-28-35-31(56-59(14,15)43(7,8)9)25-36(54-35)47-26-34-38(46-39(47)48)45-37-32(23-30(24-33(37)53-34)55-58(12,13)42(4,5)6)50-22-21-44-40(49)51-27-29-19-17-16-18-20-29/h16-20,23-24,26,31,35-36H,21-22,25,27-28H2,1-15H3,(H,44,49)(H,45,46,48)/t31-,35+,36+/m0/s1. The van der Waals surface area contributed by atoms with Crippen LogP contribution in [0.25, 0.3) is 0 Å². The molecule has 3 aromatic rings. The molecule has 16 heteroatoms. The summed E-state index contributed by atoms with van der Waals surface area (Å²) in [5.41, 5.74) is 0.880. The Hall–Kier alpha value is -3.68. The Bertz CT molecular complexity index is 2000. The Morgan fingerprint density at radius 3 is 2.17 bits per heavy atom. The van der Waals surface area contributed by atoms with E-state index in [-0.39, 0.29) is 52.9 Å². The highest BCUT2D eigenvalue weighted by atomic mass is 28.4. The summed E-state index contributed by atoms with van der Waals surface area (Å²) in [6, 6.07) is 13.1. The minimum Gasteiger partial charge on any atom is -0.543 e. The summed E-state index contributed by atoms with van der Waals surface area (Å²) >= 11 is 0.